The van der Waals surface area contributed by atoms with Crippen molar-refractivity contribution < 1.29 is 13.2 Å². The highest BCUT2D eigenvalue weighted by Gasteiger charge is 2.33. The molecule has 0 saturated carbocycles. The van der Waals surface area contributed by atoms with Crippen molar-refractivity contribution in [2.45, 2.75) is 10.3 Å². The van der Waals surface area contributed by atoms with Crippen molar-refractivity contribution >= 4 is 49.1 Å². The molecule has 0 spiro atoms. The van der Waals surface area contributed by atoms with Gasteiger partial charge in [0, 0.05) is 38.6 Å². The Bertz CT molecular complexity index is 1130. The Morgan fingerprint density at radius 1 is 1.00 bits per heavy atom. The third kappa shape index (κ3) is 5.12. The van der Waals surface area contributed by atoms with Gasteiger partial charge < -0.3 is 9.80 Å². The van der Waals surface area contributed by atoms with Gasteiger partial charge in [0.25, 0.3) is 10.0 Å². The van der Waals surface area contributed by atoms with Gasteiger partial charge in [0.1, 0.15) is 10.3 Å². The molecule has 1 fully saturated rings. The second-order valence-corrected chi connectivity index (χ2v) is 11.3. The van der Waals surface area contributed by atoms with Crippen molar-refractivity contribution in [1.29, 1.82) is 0 Å². The van der Waals surface area contributed by atoms with Gasteiger partial charge in [0.15, 0.2) is 0 Å². The van der Waals surface area contributed by atoms with Gasteiger partial charge >= 0.3 is 0 Å². The fourth-order valence-corrected chi connectivity index (χ4v) is 6.53. The largest absolute Gasteiger partial charge is 0.337 e. The molecule has 8 nitrogen and oxygen atoms in total. The summed E-state index contributed by atoms with van der Waals surface area (Å²) in [6, 6.07) is 12.8. The Morgan fingerprint density at radius 2 is 1.68 bits per heavy atom. The molecule has 0 aliphatic carbocycles. The number of amides is 1. The lowest BCUT2D eigenvalue weighted by Gasteiger charge is -2.36. The monoisotopic (exact) mass is 521 g/mol. The number of benzene rings is 1. The third-order valence-electron chi connectivity index (χ3n) is 4.89. The van der Waals surface area contributed by atoms with Gasteiger partial charge in [-0.1, -0.05) is 30.3 Å². The molecule has 1 aliphatic rings. The molecule has 3 heterocycles. The van der Waals surface area contributed by atoms with Crippen LogP contribution in [0.3, 0.4) is 0 Å². The van der Waals surface area contributed by atoms with Crippen LogP contribution in [-0.4, -0.2) is 55.4 Å². The van der Waals surface area contributed by atoms with Gasteiger partial charge in [-0.3, -0.25) is 4.79 Å². The number of thiophene rings is 1. The van der Waals surface area contributed by atoms with Gasteiger partial charge in [0.05, 0.1) is 3.79 Å². The second-order valence-electron chi connectivity index (χ2n) is 6.88. The molecule has 1 N–H and O–H groups in total. The standard InChI is InChI=1S/C20H20BrN5O3S2/c21-16-7-8-17(30-16)31(28,29)24-18(15-5-2-1-3-6-15)19(27)25-11-13-26(14-12-25)20-22-9-4-10-23-20/h1-10,18,24H,11-14H2/t18-/m1/s1. The first-order valence-electron chi connectivity index (χ1n) is 9.57. The fourth-order valence-electron chi connectivity index (χ4n) is 3.33. The van der Waals surface area contributed by atoms with Crippen molar-refractivity contribution in [2.75, 3.05) is 31.1 Å². The van der Waals surface area contributed by atoms with Crippen molar-refractivity contribution in [1.82, 2.24) is 19.6 Å². The normalized spacial score (nSPS) is 15.6. The Labute approximate surface area is 193 Å². The summed E-state index contributed by atoms with van der Waals surface area (Å²) in [5.41, 5.74) is 0.598. The summed E-state index contributed by atoms with van der Waals surface area (Å²) in [7, 11) is -3.86. The summed E-state index contributed by atoms with van der Waals surface area (Å²) in [5.74, 6) is 0.345. The van der Waals surface area contributed by atoms with Crippen LogP contribution in [0.2, 0.25) is 0 Å². The molecule has 162 valence electrons. The minimum absolute atomic E-state index is 0.152. The smallest absolute Gasteiger partial charge is 0.251 e. The first-order valence-corrected chi connectivity index (χ1v) is 12.7. The number of hydrogen-bond donors (Lipinski definition) is 1. The number of aromatic nitrogens is 2. The second kappa shape index (κ2) is 9.43. The number of nitrogens with one attached hydrogen (secondary N) is 1. The van der Waals surface area contributed by atoms with Crippen LogP contribution in [0.5, 0.6) is 0 Å². The molecule has 1 amide bonds. The van der Waals surface area contributed by atoms with E-state index in [2.05, 4.69) is 30.6 Å². The van der Waals surface area contributed by atoms with Crippen molar-refractivity contribution in [3.05, 3.63) is 70.3 Å². The van der Waals surface area contributed by atoms with Crippen molar-refractivity contribution in [2.24, 2.45) is 0 Å². The maximum Gasteiger partial charge on any atom is 0.251 e. The number of carbonyl (C=O) groups excluding carboxylic acids is 1. The van der Waals surface area contributed by atoms with Crippen molar-refractivity contribution in [3.63, 3.8) is 0 Å². The number of rotatable bonds is 6. The van der Waals surface area contributed by atoms with E-state index in [1.807, 2.05) is 11.0 Å². The fraction of sp³-hybridized carbons (Fsp3) is 0.250. The zero-order valence-electron chi connectivity index (χ0n) is 16.4. The molecule has 2 aromatic heterocycles. The predicted molar refractivity (Wildman–Crippen MR) is 122 cm³/mol. The Kier molecular flexibility index (Phi) is 6.65. The van der Waals surface area contributed by atoms with E-state index in [1.54, 1.807) is 53.7 Å². The van der Waals surface area contributed by atoms with Crippen molar-refractivity contribution in [3.8, 4) is 0 Å². The number of sulfonamides is 1. The van der Waals surface area contributed by atoms with Gasteiger partial charge in [0.2, 0.25) is 11.9 Å². The molecule has 4 rings (SSSR count). The van der Waals surface area contributed by atoms with Crippen LogP contribution in [0.1, 0.15) is 11.6 Å². The number of nitrogens with zero attached hydrogens (tertiary/aromatic N) is 4. The lowest BCUT2D eigenvalue weighted by atomic mass is 10.1. The zero-order chi connectivity index (χ0) is 21.8. The predicted octanol–water partition coefficient (Wildman–Crippen LogP) is 2.67. The molecule has 0 bridgehead atoms. The summed E-state index contributed by atoms with van der Waals surface area (Å²) >= 11 is 4.39. The number of carbonyl (C=O) groups is 1. The van der Waals surface area contributed by atoms with Gasteiger partial charge in [-0.25, -0.2) is 18.4 Å². The molecule has 0 radical (unpaired) electrons. The van der Waals surface area contributed by atoms with Crippen LogP contribution in [0.25, 0.3) is 0 Å². The van der Waals surface area contributed by atoms with Crippen LogP contribution < -0.4 is 9.62 Å². The molecule has 0 unspecified atom stereocenters. The maximum absolute atomic E-state index is 13.4. The van der Waals surface area contributed by atoms with E-state index < -0.39 is 16.1 Å². The third-order valence-corrected chi connectivity index (χ3v) is 8.43. The molecule has 1 aliphatic heterocycles. The van der Waals surface area contributed by atoms with E-state index in [1.165, 1.54) is 6.07 Å². The van der Waals surface area contributed by atoms with E-state index in [9.17, 15) is 13.2 Å². The first kappa shape index (κ1) is 21.9. The van der Waals surface area contributed by atoms with Crippen LogP contribution in [-0.2, 0) is 14.8 Å². The highest BCUT2D eigenvalue weighted by atomic mass is 79.9. The molecule has 3 aromatic rings. The Hall–Kier alpha value is -2.34. The molecular formula is C20H20BrN5O3S2. The molecule has 1 aromatic carbocycles. The SMILES string of the molecule is O=C([C@H](NS(=O)(=O)c1ccc(Br)s1)c1ccccc1)N1CCN(c2ncccn2)CC1. The van der Waals surface area contributed by atoms with Crippen LogP contribution in [0.15, 0.2) is 68.9 Å². The minimum Gasteiger partial charge on any atom is -0.337 e. The van der Waals surface area contributed by atoms with Gasteiger partial charge in [-0.15, -0.1) is 11.3 Å². The molecular weight excluding hydrogens is 502 g/mol. The molecule has 31 heavy (non-hydrogen) atoms. The summed E-state index contributed by atoms with van der Waals surface area (Å²) in [4.78, 5) is 25.6. The quantitative estimate of drug-likeness (QED) is 0.535. The first-order chi connectivity index (χ1) is 14.9. The Morgan fingerprint density at radius 3 is 2.29 bits per heavy atom. The topological polar surface area (TPSA) is 95.5 Å². The number of anilines is 1. The summed E-state index contributed by atoms with van der Waals surface area (Å²) < 4.78 is 29.3. The van der Waals surface area contributed by atoms with Crippen LogP contribution >= 0.6 is 27.3 Å². The van der Waals surface area contributed by atoms with E-state index in [-0.39, 0.29) is 10.1 Å². The lowest BCUT2D eigenvalue weighted by Crippen LogP contribution is -2.52. The van der Waals surface area contributed by atoms with Crippen LogP contribution in [0.4, 0.5) is 5.95 Å². The van der Waals surface area contributed by atoms with E-state index in [0.717, 1.165) is 11.3 Å². The van der Waals surface area contributed by atoms with Gasteiger partial charge in [-0.2, -0.15) is 4.72 Å². The zero-order valence-corrected chi connectivity index (χ0v) is 19.6. The number of hydrogen-bond acceptors (Lipinski definition) is 7. The molecule has 1 saturated heterocycles. The average Bonchev–Trinajstić information content (AvgIpc) is 3.26. The number of piperazine rings is 1. The molecule has 11 heteroatoms. The molecule has 1 atom stereocenters. The van der Waals surface area contributed by atoms with E-state index >= 15 is 0 Å². The number of halogens is 1. The summed E-state index contributed by atoms with van der Waals surface area (Å²) in [6.07, 6.45) is 3.37. The Balaban J connectivity index is 1.53. The van der Waals surface area contributed by atoms with E-state index in [4.69, 9.17) is 0 Å². The minimum atomic E-state index is -3.86. The van der Waals surface area contributed by atoms with Crippen LogP contribution in [0, 0.1) is 0 Å². The summed E-state index contributed by atoms with van der Waals surface area (Å²) in [6.45, 7) is 2.04. The highest BCUT2D eigenvalue weighted by molar-refractivity contribution is 9.11. The van der Waals surface area contributed by atoms with Gasteiger partial charge in [-0.05, 0) is 39.7 Å². The lowest BCUT2D eigenvalue weighted by molar-refractivity contribution is -0.133. The maximum atomic E-state index is 13.4. The van der Waals surface area contributed by atoms with E-state index in [0.29, 0.717) is 41.5 Å². The summed E-state index contributed by atoms with van der Waals surface area (Å²) in [5, 5.41) is 0. The average molecular weight is 522 g/mol. The highest BCUT2D eigenvalue weighted by Crippen LogP contribution is 2.28.